The highest BCUT2D eigenvalue weighted by atomic mass is 35.5. The summed E-state index contributed by atoms with van der Waals surface area (Å²) in [5, 5.41) is 0.775. The number of hydrogen-bond donors (Lipinski definition) is 1. The molecule has 0 bridgehead atoms. The van der Waals surface area contributed by atoms with Crippen molar-refractivity contribution in [3.63, 3.8) is 0 Å². The topological polar surface area (TPSA) is 38.5 Å². The summed E-state index contributed by atoms with van der Waals surface area (Å²) < 4.78 is 5.89. The third kappa shape index (κ3) is 6.15. The van der Waals surface area contributed by atoms with Crippen LogP contribution in [-0.4, -0.2) is 31.1 Å². The molecule has 22 heavy (non-hydrogen) atoms. The standard InChI is InChI=1S/C16H25ClN2O.C2H6/c1-2-3-8-20-16-5-4-15(17)9-14(16)12-19-7-6-13(10-18)11-19;1-2/h4-5,9,13H,2-3,6-8,10-12,18H2,1H3;1-2H3. The second-order valence-corrected chi connectivity index (χ2v) is 6.02. The number of ether oxygens (including phenoxy) is 1. The Kier molecular flexibility index (Phi) is 9.53. The lowest BCUT2D eigenvalue weighted by atomic mass is 10.1. The molecule has 0 aromatic heterocycles. The SMILES string of the molecule is CC.CCCCOc1ccc(Cl)cc1CN1CCC(CN)C1. The normalized spacial score (nSPS) is 18.0. The van der Waals surface area contributed by atoms with Gasteiger partial charge in [0.2, 0.25) is 0 Å². The minimum atomic E-state index is 0.638. The van der Waals surface area contributed by atoms with Gasteiger partial charge in [-0.3, -0.25) is 4.90 Å². The highest BCUT2D eigenvalue weighted by molar-refractivity contribution is 6.30. The quantitative estimate of drug-likeness (QED) is 0.758. The highest BCUT2D eigenvalue weighted by Crippen LogP contribution is 2.27. The maximum atomic E-state index is 6.13. The number of rotatable bonds is 7. The van der Waals surface area contributed by atoms with E-state index in [1.54, 1.807) is 0 Å². The fourth-order valence-corrected chi connectivity index (χ4v) is 2.82. The first-order valence-electron chi connectivity index (χ1n) is 8.56. The molecule has 0 aliphatic carbocycles. The molecule has 4 heteroatoms. The Balaban J connectivity index is 0.00000116. The second kappa shape index (κ2) is 10.9. The van der Waals surface area contributed by atoms with E-state index in [9.17, 15) is 0 Å². The van der Waals surface area contributed by atoms with Gasteiger partial charge in [-0.1, -0.05) is 38.8 Å². The molecule has 2 N–H and O–H groups in total. The molecule has 1 aliphatic rings. The van der Waals surface area contributed by atoms with Gasteiger partial charge in [-0.15, -0.1) is 0 Å². The molecule has 1 heterocycles. The highest BCUT2D eigenvalue weighted by Gasteiger charge is 2.22. The number of likely N-dealkylation sites (tertiary alicyclic amines) is 1. The summed E-state index contributed by atoms with van der Waals surface area (Å²) in [6, 6.07) is 5.92. The van der Waals surface area contributed by atoms with Crippen LogP contribution in [0.2, 0.25) is 5.02 Å². The zero-order chi connectivity index (χ0) is 16.4. The van der Waals surface area contributed by atoms with Gasteiger partial charge in [0.15, 0.2) is 0 Å². The number of hydrogen-bond acceptors (Lipinski definition) is 3. The Bertz CT molecular complexity index is 426. The van der Waals surface area contributed by atoms with Crippen molar-refractivity contribution < 1.29 is 4.74 Å². The lowest BCUT2D eigenvalue weighted by Gasteiger charge is -2.18. The van der Waals surface area contributed by atoms with E-state index >= 15 is 0 Å². The van der Waals surface area contributed by atoms with Crippen LogP contribution in [0, 0.1) is 5.92 Å². The van der Waals surface area contributed by atoms with Gasteiger partial charge in [0.25, 0.3) is 0 Å². The van der Waals surface area contributed by atoms with Crippen molar-refractivity contribution in [1.82, 2.24) is 4.90 Å². The Hall–Kier alpha value is -0.770. The van der Waals surface area contributed by atoms with Crippen molar-refractivity contribution in [2.75, 3.05) is 26.2 Å². The Morgan fingerprint density at radius 2 is 2.14 bits per heavy atom. The molecule has 0 radical (unpaired) electrons. The largest absolute Gasteiger partial charge is 0.493 e. The fraction of sp³-hybridized carbons (Fsp3) is 0.667. The molecule has 1 atom stereocenters. The fourth-order valence-electron chi connectivity index (χ4n) is 2.63. The van der Waals surface area contributed by atoms with Crippen molar-refractivity contribution >= 4 is 11.6 Å². The summed E-state index contributed by atoms with van der Waals surface area (Å²) in [4.78, 5) is 2.44. The Morgan fingerprint density at radius 1 is 1.36 bits per heavy atom. The molecule has 0 spiro atoms. The number of unbranched alkanes of at least 4 members (excludes halogenated alkanes) is 1. The summed E-state index contributed by atoms with van der Waals surface area (Å²) in [5.41, 5.74) is 6.94. The average molecular weight is 327 g/mol. The smallest absolute Gasteiger partial charge is 0.123 e. The Morgan fingerprint density at radius 3 is 2.77 bits per heavy atom. The Labute approximate surface area is 140 Å². The molecule has 1 aliphatic heterocycles. The van der Waals surface area contributed by atoms with Crippen molar-refractivity contribution in [2.24, 2.45) is 11.7 Å². The third-order valence-electron chi connectivity index (χ3n) is 3.88. The molecule has 0 saturated carbocycles. The van der Waals surface area contributed by atoms with Crippen LogP contribution in [-0.2, 0) is 6.54 Å². The number of halogens is 1. The molecular weight excluding hydrogens is 296 g/mol. The minimum absolute atomic E-state index is 0.638. The van der Waals surface area contributed by atoms with Crippen molar-refractivity contribution in [1.29, 1.82) is 0 Å². The van der Waals surface area contributed by atoms with E-state index in [2.05, 4.69) is 11.8 Å². The van der Waals surface area contributed by atoms with Gasteiger partial charge in [-0.05, 0) is 50.0 Å². The molecular formula is C18H31ClN2O. The van der Waals surface area contributed by atoms with E-state index in [0.717, 1.165) is 56.4 Å². The van der Waals surface area contributed by atoms with Crippen LogP contribution in [0.25, 0.3) is 0 Å². The predicted molar refractivity (Wildman–Crippen MR) is 95.6 cm³/mol. The van der Waals surface area contributed by atoms with Crippen LogP contribution >= 0.6 is 11.6 Å². The van der Waals surface area contributed by atoms with E-state index < -0.39 is 0 Å². The number of nitrogens with zero attached hydrogens (tertiary/aromatic N) is 1. The third-order valence-corrected chi connectivity index (χ3v) is 4.11. The molecule has 0 amide bonds. The zero-order valence-electron chi connectivity index (χ0n) is 14.3. The molecule has 1 aromatic carbocycles. The lowest BCUT2D eigenvalue weighted by molar-refractivity contribution is 0.285. The van der Waals surface area contributed by atoms with Crippen LogP contribution in [0.3, 0.4) is 0 Å². The van der Waals surface area contributed by atoms with Gasteiger partial charge in [0.1, 0.15) is 5.75 Å². The summed E-state index contributed by atoms with van der Waals surface area (Å²) in [6.45, 7) is 10.8. The molecule has 3 nitrogen and oxygen atoms in total. The monoisotopic (exact) mass is 326 g/mol. The van der Waals surface area contributed by atoms with E-state index in [4.69, 9.17) is 22.1 Å². The van der Waals surface area contributed by atoms with Crippen LogP contribution in [0.4, 0.5) is 0 Å². The molecule has 1 saturated heterocycles. The first-order chi connectivity index (χ1) is 10.7. The van der Waals surface area contributed by atoms with E-state index in [0.29, 0.717) is 5.92 Å². The van der Waals surface area contributed by atoms with Crippen molar-refractivity contribution in [3.05, 3.63) is 28.8 Å². The van der Waals surface area contributed by atoms with Gasteiger partial charge in [-0.2, -0.15) is 0 Å². The van der Waals surface area contributed by atoms with E-state index in [1.165, 1.54) is 12.0 Å². The van der Waals surface area contributed by atoms with Gasteiger partial charge in [0.05, 0.1) is 6.61 Å². The maximum Gasteiger partial charge on any atom is 0.123 e. The minimum Gasteiger partial charge on any atom is -0.493 e. The molecule has 1 aromatic rings. The summed E-state index contributed by atoms with van der Waals surface area (Å²) in [7, 11) is 0. The zero-order valence-corrected chi connectivity index (χ0v) is 15.0. The molecule has 1 unspecified atom stereocenters. The van der Waals surface area contributed by atoms with Crippen molar-refractivity contribution in [3.8, 4) is 5.75 Å². The van der Waals surface area contributed by atoms with Gasteiger partial charge < -0.3 is 10.5 Å². The second-order valence-electron chi connectivity index (χ2n) is 5.58. The van der Waals surface area contributed by atoms with Gasteiger partial charge >= 0.3 is 0 Å². The summed E-state index contributed by atoms with van der Waals surface area (Å²) in [5.74, 6) is 1.61. The molecule has 2 rings (SSSR count). The average Bonchev–Trinajstić information content (AvgIpc) is 2.99. The maximum absolute atomic E-state index is 6.13. The van der Waals surface area contributed by atoms with Crippen LogP contribution in [0.1, 0.15) is 45.6 Å². The van der Waals surface area contributed by atoms with Crippen molar-refractivity contribution in [2.45, 2.75) is 46.6 Å². The summed E-state index contributed by atoms with van der Waals surface area (Å²) >= 11 is 6.13. The lowest BCUT2D eigenvalue weighted by Crippen LogP contribution is -2.23. The van der Waals surface area contributed by atoms with Crippen LogP contribution in [0.5, 0.6) is 5.75 Å². The first kappa shape index (κ1) is 19.3. The number of benzene rings is 1. The van der Waals surface area contributed by atoms with E-state index in [-0.39, 0.29) is 0 Å². The van der Waals surface area contributed by atoms with Gasteiger partial charge in [0, 0.05) is 23.7 Å². The summed E-state index contributed by atoms with van der Waals surface area (Å²) in [6.07, 6.45) is 3.43. The molecule has 1 fully saturated rings. The van der Waals surface area contributed by atoms with Crippen LogP contribution < -0.4 is 10.5 Å². The van der Waals surface area contributed by atoms with E-state index in [1.807, 2.05) is 32.0 Å². The first-order valence-corrected chi connectivity index (χ1v) is 8.94. The van der Waals surface area contributed by atoms with Gasteiger partial charge in [-0.25, -0.2) is 0 Å². The number of nitrogens with two attached hydrogens (primary N) is 1. The predicted octanol–water partition coefficient (Wildman–Crippen LogP) is 4.33. The van der Waals surface area contributed by atoms with Crippen LogP contribution in [0.15, 0.2) is 18.2 Å². The molecule has 126 valence electrons.